The fraction of sp³-hybridized carbons (Fsp3) is 0.182. The molecule has 0 aliphatic carbocycles. The van der Waals surface area contributed by atoms with Gasteiger partial charge in [0.2, 0.25) is 0 Å². The Morgan fingerprint density at radius 1 is 0.475 bits per heavy atom. The standard InChI is InChI=1S/C33H33NO6/c35-31(19-16-28-10-4-1-5-11-28)38-25-22-34(23-26-39-32(36)20-17-29-12-6-2-7-13-29)24-27-40-33(37)21-18-30-14-8-3-9-15-30/h1-21H,22-27H2/b19-16+,20-17+,21-18+. The summed E-state index contributed by atoms with van der Waals surface area (Å²) in [5, 5.41) is 0. The summed E-state index contributed by atoms with van der Waals surface area (Å²) in [7, 11) is 0. The summed E-state index contributed by atoms with van der Waals surface area (Å²) >= 11 is 0. The van der Waals surface area contributed by atoms with E-state index in [1.165, 1.54) is 18.2 Å². The predicted molar refractivity (Wildman–Crippen MR) is 156 cm³/mol. The van der Waals surface area contributed by atoms with Crippen LogP contribution in [-0.4, -0.2) is 62.3 Å². The van der Waals surface area contributed by atoms with Crippen LogP contribution in [0, 0.1) is 0 Å². The molecule has 3 aromatic carbocycles. The molecule has 0 amide bonds. The lowest BCUT2D eigenvalue weighted by Gasteiger charge is -2.21. The number of ether oxygens (including phenoxy) is 3. The van der Waals surface area contributed by atoms with Gasteiger partial charge in [0.1, 0.15) is 19.8 Å². The minimum Gasteiger partial charge on any atom is -0.461 e. The van der Waals surface area contributed by atoms with Gasteiger partial charge in [0, 0.05) is 37.9 Å². The molecule has 0 aliphatic heterocycles. The molecule has 0 N–H and O–H groups in total. The molecule has 0 aliphatic rings. The number of nitrogens with zero attached hydrogens (tertiary/aromatic N) is 1. The molecule has 7 heteroatoms. The Bertz CT molecular complexity index is 1110. The van der Waals surface area contributed by atoms with Gasteiger partial charge in [-0.3, -0.25) is 4.90 Å². The molecule has 3 aromatic rings. The second-order valence-corrected chi connectivity index (χ2v) is 8.58. The Hall–Kier alpha value is -4.75. The van der Waals surface area contributed by atoms with Gasteiger partial charge in [0.05, 0.1) is 0 Å². The number of carbonyl (C=O) groups excluding carboxylic acids is 3. The highest BCUT2D eigenvalue weighted by Gasteiger charge is 2.09. The zero-order valence-corrected chi connectivity index (χ0v) is 22.3. The lowest BCUT2D eigenvalue weighted by atomic mass is 10.2. The van der Waals surface area contributed by atoms with E-state index in [9.17, 15) is 14.4 Å². The summed E-state index contributed by atoms with van der Waals surface area (Å²) in [6.45, 7) is 1.50. The summed E-state index contributed by atoms with van der Waals surface area (Å²) in [4.78, 5) is 38.2. The highest BCUT2D eigenvalue weighted by Crippen LogP contribution is 2.04. The van der Waals surface area contributed by atoms with Gasteiger partial charge in [-0.05, 0) is 34.9 Å². The molecule has 0 heterocycles. The monoisotopic (exact) mass is 539 g/mol. The molecular weight excluding hydrogens is 506 g/mol. The van der Waals surface area contributed by atoms with E-state index in [4.69, 9.17) is 14.2 Å². The first-order chi connectivity index (χ1) is 19.6. The quantitative estimate of drug-likeness (QED) is 0.152. The van der Waals surface area contributed by atoms with Crippen molar-refractivity contribution in [1.82, 2.24) is 4.90 Å². The molecule has 0 atom stereocenters. The SMILES string of the molecule is O=C(/C=C/c1ccccc1)OCCN(CCOC(=O)/C=C/c1ccccc1)CCOC(=O)/C=C/c1ccccc1. The Morgan fingerprint density at radius 3 is 1.02 bits per heavy atom. The molecule has 40 heavy (non-hydrogen) atoms. The van der Waals surface area contributed by atoms with Crippen molar-refractivity contribution >= 4 is 36.1 Å². The van der Waals surface area contributed by atoms with Crippen LogP contribution in [-0.2, 0) is 28.6 Å². The van der Waals surface area contributed by atoms with Crippen molar-refractivity contribution in [1.29, 1.82) is 0 Å². The predicted octanol–water partition coefficient (Wildman–Crippen LogP) is 5.06. The van der Waals surface area contributed by atoms with Crippen molar-refractivity contribution in [3.05, 3.63) is 126 Å². The van der Waals surface area contributed by atoms with E-state index in [2.05, 4.69) is 0 Å². The van der Waals surface area contributed by atoms with E-state index in [0.29, 0.717) is 19.6 Å². The molecule has 206 valence electrons. The summed E-state index contributed by atoms with van der Waals surface area (Å²) in [5.41, 5.74) is 2.69. The molecule has 0 unspecified atom stereocenters. The Kier molecular flexibility index (Phi) is 13.2. The minimum atomic E-state index is -0.459. The van der Waals surface area contributed by atoms with Crippen LogP contribution in [0.25, 0.3) is 18.2 Å². The summed E-state index contributed by atoms with van der Waals surface area (Å²) in [6.07, 6.45) is 9.19. The van der Waals surface area contributed by atoms with Crippen LogP contribution in [0.2, 0.25) is 0 Å². The van der Waals surface area contributed by atoms with E-state index in [1.807, 2.05) is 95.9 Å². The fourth-order valence-electron chi connectivity index (χ4n) is 3.49. The molecule has 7 nitrogen and oxygen atoms in total. The second-order valence-electron chi connectivity index (χ2n) is 8.58. The van der Waals surface area contributed by atoms with Crippen LogP contribution in [0.3, 0.4) is 0 Å². The summed E-state index contributed by atoms with van der Waals surface area (Å²) < 4.78 is 16.0. The van der Waals surface area contributed by atoms with Gasteiger partial charge in [0.15, 0.2) is 0 Å². The van der Waals surface area contributed by atoms with E-state index in [1.54, 1.807) is 18.2 Å². The van der Waals surface area contributed by atoms with Gasteiger partial charge in [-0.15, -0.1) is 0 Å². The van der Waals surface area contributed by atoms with E-state index < -0.39 is 17.9 Å². The fourth-order valence-corrected chi connectivity index (χ4v) is 3.49. The first-order valence-electron chi connectivity index (χ1n) is 13.0. The zero-order valence-electron chi connectivity index (χ0n) is 22.3. The highest BCUT2D eigenvalue weighted by atomic mass is 16.5. The minimum absolute atomic E-state index is 0.127. The van der Waals surface area contributed by atoms with Gasteiger partial charge in [-0.25, -0.2) is 14.4 Å². The largest absolute Gasteiger partial charge is 0.461 e. The third-order valence-corrected chi connectivity index (χ3v) is 5.59. The van der Waals surface area contributed by atoms with Crippen LogP contribution in [0.5, 0.6) is 0 Å². The van der Waals surface area contributed by atoms with Crippen molar-refractivity contribution in [3.8, 4) is 0 Å². The Labute approximate surface area is 235 Å². The van der Waals surface area contributed by atoms with Crippen LogP contribution in [0.15, 0.2) is 109 Å². The Morgan fingerprint density at radius 2 is 0.750 bits per heavy atom. The number of hydrogen-bond donors (Lipinski definition) is 0. The number of rotatable bonds is 15. The van der Waals surface area contributed by atoms with Crippen LogP contribution >= 0.6 is 0 Å². The van der Waals surface area contributed by atoms with E-state index >= 15 is 0 Å². The molecule has 0 spiro atoms. The smallest absolute Gasteiger partial charge is 0.330 e. The molecule has 0 fully saturated rings. The maximum atomic E-state index is 12.1. The van der Waals surface area contributed by atoms with E-state index in [0.717, 1.165) is 16.7 Å². The normalized spacial score (nSPS) is 11.3. The third-order valence-electron chi connectivity index (χ3n) is 5.59. The summed E-state index contributed by atoms with van der Waals surface area (Å²) in [6, 6.07) is 28.3. The van der Waals surface area contributed by atoms with Gasteiger partial charge >= 0.3 is 17.9 Å². The molecule has 0 saturated carbocycles. The van der Waals surface area contributed by atoms with Crippen molar-refractivity contribution in [2.75, 3.05) is 39.5 Å². The van der Waals surface area contributed by atoms with Crippen molar-refractivity contribution in [2.45, 2.75) is 0 Å². The molecule has 0 bridgehead atoms. The van der Waals surface area contributed by atoms with Crippen molar-refractivity contribution in [3.63, 3.8) is 0 Å². The first kappa shape index (κ1) is 29.8. The average molecular weight is 540 g/mol. The lowest BCUT2D eigenvalue weighted by Crippen LogP contribution is -2.35. The number of esters is 3. The number of carbonyl (C=O) groups is 3. The lowest BCUT2D eigenvalue weighted by molar-refractivity contribution is -0.138. The third kappa shape index (κ3) is 12.7. The van der Waals surface area contributed by atoms with Crippen molar-refractivity contribution in [2.24, 2.45) is 0 Å². The molecular formula is C33H33NO6. The van der Waals surface area contributed by atoms with Gasteiger partial charge in [-0.1, -0.05) is 91.0 Å². The van der Waals surface area contributed by atoms with Crippen LogP contribution in [0.1, 0.15) is 16.7 Å². The number of hydrogen-bond acceptors (Lipinski definition) is 7. The van der Waals surface area contributed by atoms with Gasteiger partial charge in [-0.2, -0.15) is 0 Å². The molecule has 0 aromatic heterocycles. The van der Waals surface area contributed by atoms with Crippen LogP contribution in [0.4, 0.5) is 0 Å². The molecule has 0 radical (unpaired) electrons. The molecule has 0 saturated heterocycles. The zero-order chi connectivity index (χ0) is 28.3. The van der Waals surface area contributed by atoms with Gasteiger partial charge < -0.3 is 14.2 Å². The Balaban J connectivity index is 1.44. The number of benzene rings is 3. The average Bonchev–Trinajstić information content (AvgIpc) is 2.99. The first-order valence-corrected chi connectivity index (χ1v) is 13.0. The van der Waals surface area contributed by atoms with Crippen LogP contribution < -0.4 is 0 Å². The van der Waals surface area contributed by atoms with Gasteiger partial charge in [0.25, 0.3) is 0 Å². The summed E-state index contributed by atoms with van der Waals surface area (Å²) in [5.74, 6) is -1.38. The topological polar surface area (TPSA) is 82.1 Å². The molecule has 3 rings (SSSR count). The second kappa shape index (κ2) is 17.7. The van der Waals surface area contributed by atoms with E-state index in [-0.39, 0.29) is 19.8 Å². The highest BCUT2D eigenvalue weighted by molar-refractivity contribution is 5.88. The maximum Gasteiger partial charge on any atom is 0.330 e. The van der Waals surface area contributed by atoms with Crippen molar-refractivity contribution < 1.29 is 28.6 Å². The maximum absolute atomic E-state index is 12.1.